The van der Waals surface area contributed by atoms with Crippen molar-refractivity contribution in [1.29, 1.82) is 0 Å². The van der Waals surface area contributed by atoms with Crippen LogP contribution >= 0.6 is 11.8 Å². The zero-order valence-corrected chi connectivity index (χ0v) is 20.3. The quantitative estimate of drug-likeness (QED) is 0.282. The average molecular weight is 497 g/mol. The molecule has 1 N–H and O–H groups in total. The second-order valence-electron chi connectivity index (χ2n) is 8.40. The van der Waals surface area contributed by atoms with Gasteiger partial charge < -0.3 is 0 Å². The van der Waals surface area contributed by atoms with Crippen LogP contribution in [0.5, 0.6) is 0 Å². The number of amides is 1. The molecule has 4 aromatic rings. The van der Waals surface area contributed by atoms with E-state index < -0.39 is 0 Å². The molecule has 0 radical (unpaired) electrons. The molecule has 9 heteroatoms. The minimum absolute atomic E-state index is 0.0225. The number of rotatable bonds is 8. The van der Waals surface area contributed by atoms with Gasteiger partial charge in [-0.1, -0.05) is 78.5 Å². The molecular formula is C27H24N6O2S. The van der Waals surface area contributed by atoms with Gasteiger partial charge in [0, 0.05) is 24.7 Å². The fourth-order valence-corrected chi connectivity index (χ4v) is 4.99. The van der Waals surface area contributed by atoms with Gasteiger partial charge in [0.05, 0.1) is 17.0 Å². The number of ketones is 1. The van der Waals surface area contributed by atoms with Gasteiger partial charge in [0.2, 0.25) is 11.9 Å². The smallest absolute Gasteiger partial charge is 0.237 e. The van der Waals surface area contributed by atoms with Gasteiger partial charge in [0.15, 0.2) is 16.8 Å². The number of benzene rings is 2. The summed E-state index contributed by atoms with van der Waals surface area (Å²) in [6, 6.07) is 19.7. The van der Waals surface area contributed by atoms with Crippen molar-refractivity contribution in [2.75, 3.05) is 11.1 Å². The highest BCUT2D eigenvalue weighted by Crippen LogP contribution is 2.32. The lowest BCUT2D eigenvalue weighted by atomic mass is 9.82. The number of thioether (sulfide) groups is 1. The fraction of sp³-hybridized carbons (Fsp3) is 0.185. The lowest BCUT2D eigenvalue weighted by Crippen LogP contribution is -2.23. The summed E-state index contributed by atoms with van der Waals surface area (Å²) in [5.41, 5.74) is 3.24. The van der Waals surface area contributed by atoms with E-state index in [-0.39, 0.29) is 29.3 Å². The maximum Gasteiger partial charge on any atom is 0.237 e. The second-order valence-corrected chi connectivity index (χ2v) is 9.34. The molecule has 0 saturated carbocycles. The van der Waals surface area contributed by atoms with Crippen LogP contribution in [0.25, 0.3) is 11.4 Å². The molecule has 1 aliphatic carbocycles. The summed E-state index contributed by atoms with van der Waals surface area (Å²) >= 11 is 1.28. The standard InChI is InChI=1S/C27H24N6O2S/c1-2-13-33-25(19-11-7-4-8-12-19)31-32-27(33)36-17-24(35)30-26-28-16-21-22(29-26)14-20(15-23(21)34)18-9-5-3-6-10-18/h2-12,16,20H,1,13-15,17H2,(H,28,29,30,35). The van der Waals surface area contributed by atoms with Gasteiger partial charge in [0.25, 0.3) is 0 Å². The van der Waals surface area contributed by atoms with Gasteiger partial charge in [-0.05, 0) is 17.9 Å². The van der Waals surface area contributed by atoms with Crippen LogP contribution in [0.1, 0.15) is 34.0 Å². The molecule has 1 aliphatic rings. The van der Waals surface area contributed by atoms with Crippen LogP contribution in [0, 0.1) is 0 Å². The van der Waals surface area contributed by atoms with E-state index in [1.54, 1.807) is 6.08 Å². The van der Waals surface area contributed by atoms with E-state index in [1.165, 1.54) is 18.0 Å². The first-order valence-corrected chi connectivity index (χ1v) is 12.6. The van der Waals surface area contributed by atoms with Crippen LogP contribution in [0.2, 0.25) is 0 Å². The first-order chi connectivity index (χ1) is 17.6. The van der Waals surface area contributed by atoms with Crippen molar-refractivity contribution in [2.45, 2.75) is 30.5 Å². The van der Waals surface area contributed by atoms with Crippen LogP contribution in [-0.2, 0) is 17.8 Å². The van der Waals surface area contributed by atoms with Crippen molar-refractivity contribution in [3.8, 4) is 11.4 Å². The minimum atomic E-state index is -0.267. The molecule has 0 fully saturated rings. The van der Waals surface area contributed by atoms with Crippen LogP contribution in [0.15, 0.2) is 84.7 Å². The van der Waals surface area contributed by atoms with Gasteiger partial charge in [-0.25, -0.2) is 9.97 Å². The lowest BCUT2D eigenvalue weighted by Gasteiger charge is -2.23. The van der Waals surface area contributed by atoms with Crippen LogP contribution < -0.4 is 5.32 Å². The van der Waals surface area contributed by atoms with E-state index in [4.69, 9.17) is 0 Å². The van der Waals surface area contributed by atoms with Crippen LogP contribution in [0.3, 0.4) is 0 Å². The molecule has 1 atom stereocenters. The first-order valence-electron chi connectivity index (χ1n) is 11.6. The third kappa shape index (κ3) is 5.11. The molecule has 0 bridgehead atoms. The summed E-state index contributed by atoms with van der Waals surface area (Å²) in [4.78, 5) is 34.1. The Morgan fingerprint density at radius 1 is 1.08 bits per heavy atom. The highest BCUT2D eigenvalue weighted by molar-refractivity contribution is 7.99. The summed E-state index contributed by atoms with van der Waals surface area (Å²) in [6.45, 7) is 4.34. The monoisotopic (exact) mass is 496 g/mol. The third-order valence-corrected chi connectivity index (χ3v) is 6.92. The summed E-state index contributed by atoms with van der Waals surface area (Å²) < 4.78 is 1.92. The van der Waals surface area contributed by atoms with E-state index in [0.717, 1.165) is 11.1 Å². The summed E-state index contributed by atoms with van der Waals surface area (Å²) in [7, 11) is 0. The predicted molar refractivity (Wildman–Crippen MR) is 139 cm³/mol. The Kier molecular flexibility index (Phi) is 6.99. The van der Waals surface area contributed by atoms with E-state index in [0.29, 0.717) is 41.6 Å². The first kappa shape index (κ1) is 23.6. The Morgan fingerprint density at radius 3 is 2.58 bits per heavy atom. The Labute approximate surface area is 212 Å². The topological polar surface area (TPSA) is 103 Å². The van der Waals surface area contributed by atoms with Gasteiger partial charge in [-0.2, -0.15) is 0 Å². The van der Waals surface area contributed by atoms with Crippen molar-refractivity contribution in [3.63, 3.8) is 0 Å². The van der Waals surface area contributed by atoms with E-state index in [9.17, 15) is 9.59 Å². The Bertz CT molecular complexity index is 1400. The van der Waals surface area contributed by atoms with Crippen molar-refractivity contribution in [2.24, 2.45) is 0 Å². The largest absolute Gasteiger partial charge is 0.298 e. The molecule has 0 aliphatic heterocycles. The molecular weight excluding hydrogens is 472 g/mol. The van der Waals surface area contributed by atoms with E-state index in [1.807, 2.05) is 65.2 Å². The van der Waals surface area contributed by atoms with Crippen molar-refractivity contribution < 1.29 is 9.59 Å². The Balaban J connectivity index is 1.26. The molecule has 8 nitrogen and oxygen atoms in total. The number of nitrogens with one attached hydrogen (secondary N) is 1. The van der Waals surface area contributed by atoms with Gasteiger partial charge in [-0.15, -0.1) is 16.8 Å². The zero-order chi connectivity index (χ0) is 24.9. The molecule has 0 spiro atoms. The number of carbonyl (C=O) groups is 2. The Morgan fingerprint density at radius 2 is 1.83 bits per heavy atom. The fourth-order valence-electron chi connectivity index (χ4n) is 4.25. The van der Waals surface area contributed by atoms with Gasteiger partial charge >= 0.3 is 0 Å². The predicted octanol–water partition coefficient (Wildman–Crippen LogP) is 4.56. The number of nitrogens with zero attached hydrogens (tertiary/aromatic N) is 5. The van der Waals surface area contributed by atoms with Crippen molar-refractivity contribution in [1.82, 2.24) is 24.7 Å². The number of aromatic nitrogens is 5. The van der Waals surface area contributed by atoms with E-state index >= 15 is 0 Å². The highest BCUT2D eigenvalue weighted by Gasteiger charge is 2.28. The number of anilines is 1. The molecule has 0 saturated heterocycles. The minimum Gasteiger partial charge on any atom is -0.298 e. The number of carbonyl (C=O) groups excluding carboxylic acids is 2. The average Bonchev–Trinajstić information content (AvgIpc) is 3.31. The molecule has 2 aromatic carbocycles. The maximum atomic E-state index is 12.7. The second kappa shape index (κ2) is 10.7. The molecule has 36 heavy (non-hydrogen) atoms. The highest BCUT2D eigenvalue weighted by atomic mass is 32.2. The summed E-state index contributed by atoms with van der Waals surface area (Å²) in [5, 5.41) is 12.0. The Hall–Kier alpha value is -4.11. The van der Waals surface area contributed by atoms with Crippen molar-refractivity contribution in [3.05, 3.63) is 96.3 Å². The number of Topliss-reactive ketones (excluding diaryl/α,β-unsaturated/α-hetero) is 1. The van der Waals surface area contributed by atoms with Crippen LogP contribution in [-0.4, -0.2) is 42.2 Å². The number of hydrogen-bond acceptors (Lipinski definition) is 7. The SMILES string of the molecule is C=CCn1c(SCC(=O)Nc2ncc3c(n2)CC(c2ccccc2)CC3=O)nnc1-c1ccccc1. The maximum absolute atomic E-state index is 12.7. The summed E-state index contributed by atoms with van der Waals surface area (Å²) in [6.07, 6.45) is 4.34. The van der Waals surface area contributed by atoms with Gasteiger partial charge in [-0.3, -0.25) is 19.5 Å². The lowest BCUT2D eigenvalue weighted by molar-refractivity contribution is -0.113. The number of fused-ring (bicyclic) bond motifs is 1. The molecule has 2 aromatic heterocycles. The van der Waals surface area contributed by atoms with Crippen molar-refractivity contribution >= 4 is 29.4 Å². The summed E-state index contributed by atoms with van der Waals surface area (Å²) in [5.74, 6) is 0.837. The van der Waals surface area contributed by atoms with Crippen LogP contribution in [0.4, 0.5) is 5.95 Å². The number of allylic oxidation sites excluding steroid dienone is 1. The molecule has 5 rings (SSSR count). The zero-order valence-electron chi connectivity index (χ0n) is 19.5. The molecule has 2 heterocycles. The van der Waals surface area contributed by atoms with E-state index in [2.05, 4.69) is 32.1 Å². The molecule has 1 amide bonds. The third-order valence-electron chi connectivity index (χ3n) is 5.95. The number of hydrogen-bond donors (Lipinski definition) is 1. The van der Waals surface area contributed by atoms with Gasteiger partial charge in [0.1, 0.15) is 0 Å². The molecule has 1 unspecified atom stereocenters. The molecule has 180 valence electrons. The normalized spacial score (nSPS) is 14.8.